The smallest absolute Gasteiger partial charge is 0.225 e. The summed E-state index contributed by atoms with van der Waals surface area (Å²) in [5, 5.41) is 12.4. The minimum Gasteiger partial charge on any atom is -0.391 e. The van der Waals surface area contributed by atoms with Crippen LogP contribution in [-0.4, -0.2) is 60.3 Å². The molecule has 0 aliphatic carbocycles. The standard InChI is InChI=1S/C13H24N2O4/c1-9(16)13(2,3)14-12(18)10-7-11(17)15(8-10)5-6-19-4/h9-10,16H,5-8H2,1-4H3,(H,14,18). The third kappa shape index (κ3) is 4.18. The molecule has 1 rings (SSSR count). The zero-order chi connectivity index (χ0) is 14.6. The van der Waals surface area contributed by atoms with Crippen LogP contribution < -0.4 is 5.32 Å². The fraction of sp³-hybridized carbons (Fsp3) is 0.846. The van der Waals surface area contributed by atoms with Gasteiger partial charge < -0.3 is 20.1 Å². The second kappa shape index (κ2) is 6.34. The van der Waals surface area contributed by atoms with Crippen LogP contribution in [0.1, 0.15) is 27.2 Å². The van der Waals surface area contributed by atoms with E-state index in [2.05, 4.69) is 5.32 Å². The van der Waals surface area contributed by atoms with Crippen LogP contribution in [0.5, 0.6) is 0 Å². The van der Waals surface area contributed by atoms with E-state index in [0.29, 0.717) is 19.7 Å². The van der Waals surface area contributed by atoms with Crippen molar-refractivity contribution in [2.24, 2.45) is 5.92 Å². The third-order valence-electron chi connectivity index (χ3n) is 3.64. The highest BCUT2D eigenvalue weighted by atomic mass is 16.5. The first-order valence-corrected chi connectivity index (χ1v) is 6.54. The maximum atomic E-state index is 12.1. The maximum absolute atomic E-state index is 12.1. The molecule has 1 aliphatic rings. The number of hydrogen-bond acceptors (Lipinski definition) is 4. The number of aliphatic hydroxyl groups is 1. The van der Waals surface area contributed by atoms with Gasteiger partial charge in [0.2, 0.25) is 11.8 Å². The average Bonchev–Trinajstić information content (AvgIpc) is 2.67. The molecule has 2 unspecified atom stereocenters. The number of aliphatic hydroxyl groups excluding tert-OH is 1. The van der Waals surface area contributed by atoms with E-state index in [-0.39, 0.29) is 24.2 Å². The van der Waals surface area contributed by atoms with Gasteiger partial charge >= 0.3 is 0 Å². The number of nitrogens with one attached hydrogen (secondary N) is 1. The lowest BCUT2D eigenvalue weighted by molar-refractivity contribution is -0.130. The molecule has 0 bridgehead atoms. The van der Waals surface area contributed by atoms with Crippen molar-refractivity contribution in [3.63, 3.8) is 0 Å². The Kier molecular flexibility index (Phi) is 5.31. The highest BCUT2D eigenvalue weighted by Crippen LogP contribution is 2.19. The van der Waals surface area contributed by atoms with Gasteiger partial charge in [-0.2, -0.15) is 0 Å². The Labute approximate surface area is 114 Å². The van der Waals surface area contributed by atoms with Crippen molar-refractivity contribution in [1.29, 1.82) is 0 Å². The van der Waals surface area contributed by atoms with Gasteiger partial charge in [0, 0.05) is 26.6 Å². The number of rotatable bonds is 6. The molecule has 19 heavy (non-hydrogen) atoms. The van der Waals surface area contributed by atoms with Gasteiger partial charge in [0.15, 0.2) is 0 Å². The molecule has 0 aromatic rings. The summed E-state index contributed by atoms with van der Waals surface area (Å²) < 4.78 is 4.93. The molecule has 0 aromatic heterocycles. The van der Waals surface area contributed by atoms with Crippen LogP contribution >= 0.6 is 0 Å². The molecular formula is C13H24N2O4. The second-order valence-electron chi connectivity index (χ2n) is 5.62. The molecule has 1 aliphatic heterocycles. The van der Waals surface area contributed by atoms with Crippen molar-refractivity contribution in [2.75, 3.05) is 26.8 Å². The molecule has 0 saturated carbocycles. The van der Waals surface area contributed by atoms with Crippen molar-refractivity contribution < 1.29 is 19.4 Å². The van der Waals surface area contributed by atoms with Crippen molar-refractivity contribution >= 4 is 11.8 Å². The summed E-state index contributed by atoms with van der Waals surface area (Å²) in [5.41, 5.74) is -0.694. The molecule has 6 heteroatoms. The summed E-state index contributed by atoms with van der Waals surface area (Å²) in [4.78, 5) is 25.5. The van der Waals surface area contributed by atoms with Gasteiger partial charge in [-0.25, -0.2) is 0 Å². The second-order valence-corrected chi connectivity index (χ2v) is 5.62. The molecule has 1 saturated heterocycles. The van der Waals surface area contributed by atoms with E-state index in [9.17, 15) is 14.7 Å². The van der Waals surface area contributed by atoms with Crippen LogP contribution in [0.25, 0.3) is 0 Å². The lowest BCUT2D eigenvalue weighted by Gasteiger charge is -2.30. The minimum absolute atomic E-state index is 0.0212. The number of hydrogen-bond donors (Lipinski definition) is 2. The van der Waals surface area contributed by atoms with E-state index in [1.807, 2.05) is 0 Å². The highest BCUT2D eigenvalue weighted by Gasteiger charge is 2.36. The van der Waals surface area contributed by atoms with Crippen molar-refractivity contribution in [2.45, 2.75) is 38.8 Å². The summed E-state index contributed by atoms with van der Waals surface area (Å²) in [6.07, 6.45) is -0.427. The summed E-state index contributed by atoms with van der Waals surface area (Å²) in [7, 11) is 1.58. The Bertz CT molecular complexity index is 342. The quantitative estimate of drug-likeness (QED) is 0.699. The van der Waals surface area contributed by atoms with Crippen LogP contribution in [0.2, 0.25) is 0 Å². The predicted molar refractivity (Wildman–Crippen MR) is 70.5 cm³/mol. The average molecular weight is 272 g/mol. The number of nitrogens with zero attached hydrogens (tertiary/aromatic N) is 1. The van der Waals surface area contributed by atoms with E-state index in [4.69, 9.17) is 4.74 Å². The Hall–Kier alpha value is -1.14. The fourth-order valence-electron chi connectivity index (χ4n) is 1.89. The molecule has 110 valence electrons. The van der Waals surface area contributed by atoms with Crippen LogP contribution in [0.15, 0.2) is 0 Å². The Balaban J connectivity index is 2.54. The van der Waals surface area contributed by atoms with Crippen molar-refractivity contribution in [3.05, 3.63) is 0 Å². The van der Waals surface area contributed by atoms with Gasteiger partial charge in [-0.3, -0.25) is 9.59 Å². The number of carbonyl (C=O) groups excluding carboxylic acids is 2. The zero-order valence-electron chi connectivity index (χ0n) is 12.1. The third-order valence-corrected chi connectivity index (χ3v) is 3.64. The SMILES string of the molecule is COCCN1CC(C(=O)NC(C)(C)C(C)O)CC1=O. The van der Waals surface area contributed by atoms with Crippen molar-refractivity contribution in [3.8, 4) is 0 Å². The topological polar surface area (TPSA) is 78.9 Å². The highest BCUT2D eigenvalue weighted by molar-refractivity contribution is 5.89. The first-order valence-electron chi connectivity index (χ1n) is 6.54. The van der Waals surface area contributed by atoms with Gasteiger partial charge in [-0.15, -0.1) is 0 Å². The molecule has 0 aromatic carbocycles. The normalized spacial score (nSPS) is 21.6. The fourth-order valence-corrected chi connectivity index (χ4v) is 1.89. The maximum Gasteiger partial charge on any atom is 0.225 e. The van der Waals surface area contributed by atoms with E-state index >= 15 is 0 Å². The molecular weight excluding hydrogens is 248 g/mol. The monoisotopic (exact) mass is 272 g/mol. The zero-order valence-corrected chi connectivity index (χ0v) is 12.1. The summed E-state index contributed by atoms with van der Waals surface area (Å²) in [5.74, 6) is -0.548. The molecule has 0 radical (unpaired) electrons. The van der Waals surface area contributed by atoms with Gasteiger partial charge in [0.05, 0.1) is 24.2 Å². The lowest BCUT2D eigenvalue weighted by atomic mass is 9.97. The summed E-state index contributed by atoms with van der Waals surface area (Å²) in [6, 6.07) is 0. The van der Waals surface area contributed by atoms with Gasteiger partial charge in [0.25, 0.3) is 0 Å². The van der Waals surface area contributed by atoms with E-state index in [1.165, 1.54) is 0 Å². The lowest BCUT2D eigenvalue weighted by Crippen LogP contribution is -2.53. The largest absolute Gasteiger partial charge is 0.391 e. The molecule has 2 amide bonds. The van der Waals surface area contributed by atoms with Gasteiger partial charge in [-0.1, -0.05) is 0 Å². The molecule has 2 atom stereocenters. The Morgan fingerprint density at radius 3 is 2.79 bits per heavy atom. The Morgan fingerprint density at radius 2 is 2.26 bits per heavy atom. The Morgan fingerprint density at radius 1 is 1.63 bits per heavy atom. The molecule has 6 nitrogen and oxygen atoms in total. The minimum atomic E-state index is -0.694. The van der Waals surface area contributed by atoms with Gasteiger partial charge in [-0.05, 0) is 20.8 Å². The number of likely N-dealkylation sites (tertiary alicyclic amines) is 1. The summed E-state index contributed by atoms with van der Waals surface area (Å²) in [6.45, 7) is 6.55. The van der Waals surface area contributed by atoms with Crippen LogP contribution in [0.4, 0.5) is 0 Å². The van der Waals surface area contributed by atoms with E-state index in [1.54, 1.807) is 32.8 Å². The van der Waals surface area contributed by atoms with E-state index in [0.717, 1.165) is 0 Å². The predicted octanol–water partition coefficient (Wildman–Crippen LogP) is -0.243. The first-order chi connectivity index (χ1) is 8.77. The summed E-state index contributed by atoms with van der Waals surface area (Å²) >= 11 is 0. The number of methoxy groups -OCH3 is 1. The number of ether oxygens (including phenoxy) is 1. The van der Waals surface area contributed by atoms with Crippen molar-refractivity contribution in [1.82, 2.24) is 10.2 Å². The molecule has 1 heterocycles. The molecule has 2 N–H and O–H groups in total. The van der Waals surface area contributed by atoms with Crippen LogP contribution in [0, 0.1) is 5.92 Å². The number of carbonyl (C=O) groups is 2. The molecule has 1 fully saturated rings. The van der Waals surface area contributed by atoms with Crippen LogP contribution in [0.3, 0.4) is 0 Å². The molecule has 0 spiro atoms. The van der Waals surface area contributed by atoms with Crippen LogP contribution in [-0.2, 0) is 14.3 Å². The van der Waals surface area contributed by atoms with E-state index < -0.39 is 11.6 Å². The number of amides is 2. The van der Waals surface area contributed by atoms with Gasteiger partial charge in [0.1, 0.15) is 0 Å². The first kappa shape index (κ1) is 15.9.